The predicted molar refractivity (Wildman–Crippen MR) is 63.8 cm³/mol. The van der Waals surface area contributed by atoms with Gasteiger partial charge < -0.3 is 9.67 Å². The van der Waals surface area contributed by atoms with E-state index in [2.05, 4.69) is 15.9 Å². The molecule has 2 rings (SSSR count). The molecule has 2 aromatic rings. The second-order valence-electron chi connectivity index (χ2n) is 3.38. The molecule has 0 aliphatic heterocycles. The van der Waals surface area contributed by atoms with Gasteiger partial charge in [-0.2, -0.15) is 0 Å². The first-order chi connectivity index (χ1) is 7.54. The molecule has 0 unspecified atom stereocenters. The number of carbonyl (C=O) groups is 1. The SMILES string of the molecule is Cn1c(Br)c(C(=O)O)c(=O)c2ccccc21. The molecule has 5 heteroatoms. The molecular weight excluding hydrogens is 274 g/mol. The Kier molecular flexibility index (Phi) is 2.55. The number of rotatable bonds is 1. The zero-order chi connectivity index (χ0) is 11.9. The first-order valence-corrected chi connectivity index (χ1v) is 5.34. The van der Waals surface area contributed by atoms with Gasteiger partial charge in [0.25, 0.3) is 0 Å². The summed E-state index contributed by atoms with van der Waals surface area (Å²) >= 11 is 3.13. The van der Waals surface area contributed by atoms with E-state index in [-0.39, 0.29) is 10.2 Å². The highest BCUT2D eigenvalue weighted by Crippen LogP contribution is 2.19. The summed E-state index contributed by atoms with van der Waals surface area (Å²) in [5.41, 5.74) is -0.00125. The van der Waals surface area contributed by atoms with Crippen molar-refractivity contribution in [2.24, 2.45) is 7.05 Å². The summed E-state index contributed by atoms with van der Waals surface area (Å²) in [5, 5.41) is 9.40. The number of aromatic carboxylic acids is 1. The molecule has 0 fully saturated rings. The molecule has 0 saturated carbocycles. The van der Waals surface area contributed by atoms with Gasteiger partial charge in [-0.15, -0.1) is 0 Å². The third-order valence-corrected chi connectivity index (χ3v) is 3.38. The topological polar surface area (TPSA) is 59.3 Å². The summed E-state index contributed by atoms with van der Waals surface area (Å²) in [6, 6.07) is 6.90. The number of fused-ring (bicyclic) bond motifs is 1. The van der Waals surface area contributed by atoms with E-state index in [1.54, 1.807) is 35.9 Å². The highest BCUT2D eigenvalue weighted by Gasteiger charge is 2.18. The molecule has 1 aromatic carbocycles. The Hall–Kier alpha value is -1.62. The summed E-state index contributed by atoms with van der Waals surface area (Å²) in [5.74, 6) is -1.22. The van der Waals surface area contributed by atoms with Crippen molar-refractivity contribution in [2.45, 2.75) is 0 Å². The summed E-state index contributed by atoms with van der Waals surface area (Å²) in [7, 11) is 1.71. The van der Waals surface area contributed by atoms with Gasteiger partial charge >= 0.3 is 5.97 Å². The average molecular weight is 282 g/mol. The second kappa shape index (κ2) is 3.75. The lowest BCUT2D eigenvalue weighted by Crippen LogP contribution is -2.19. The molecule has 0 atom stereocenters. The van der Waals surface area contributed by atoms with Gasteiger partial charge in [-0.1, -0.05) is 12.1 Å². The van der Waals surface area contributed by atoms with E-state index in [0.29, 0.717) is 10.9 Å². The fourth-order valence-electron chi connectivity index (χ4n) is 1.65. The minimum atomic E-state index is -1.22. The van der Waals surface area contributed by atoms with Gasteiger partial charge in [-0.05, 0) is 28.1 Å². The van der Waals surface area contributed by atoms with E-state index in [0.717, 1.165) is 0 Å². The molecule has 1 heterocycles. The van der Waals surface area contributed by atoms with Crippen LogP contribution < -0.4 is 5.43 Å². The number of hydrogen-bond acceptors (Lipinski definition) is 2. The highest BCUT2D eigenvalue weighted by atomic mass is 79.9. The fraction of sp³-hybridized carbons (Fsp3) is 0.0909. The molecule has 0 aliphatic carbocycles. The summed E-state index contributed by atoms with van der Waals surface area (Å²) in [6.45, 7) is 0. The number of carboxylic acids is 1. The number of hydrogen-bond donors (Lipinski definition) is 1. The number of halogens is 1. The molecule has 16 heavy (non-hydrogen) atoms. The number of aromatic nitrogens is 1. The Balaban J connectivity index is 3.07. The summed E-state index contributed by atoms with van der Waals surface area (Å²) < 4.78 is 1.92. The lowest BCUT2D eigenvalue weighted by Gasteiger charge is -2.10. The van der Waals surface area contributed by atoms with Crippen LogP contribution in [-0.4, -0.2) is 15.6 Å². The van der Waals surface area contributed by atoms with E-state index in [1.807, 2.05) is 0 Å². The maximum Gasteiger partial charge on any atom is 0.342 e. The van der Waals surface area contributed by atoms with Gasteiger partial charge in [-0.25, -0.2) is 4.79 Å². The number of benzene rings is 1. The molecule has 0 saturated heterocycles. The Morgan fingerprint density at radius 2 is 2.00 bits per heavy atom. The zero-order valence-electron chi connectivity index (χ0n) is 8.40. The number of para-hydroxylation sites is 1. The Bertz CT molecular complexity index is 645. The van der Waals surface area contributed by atoms with Crippen molar-refractivity contribution in [1.29, 1.82) is 0 Å². The third kappa shape index (κ3) is 1.44. The molecule has 1 aromatic heterocycles. The molecule has 1 N–H and O–H groups in total. The van der Waals surface area contributed by atoms with Crippen LogP contribution in [0.2, 0.25) is 0 Å². The number of pyridine rings is 1. The van der Waals surface area contributed by atoms with Crippen LogP contribution in [-0.2, 0) is 7.05 Å². The van der Waals surface area contributed by atoms with Crippen LogP contribution in [0.4, 0.5) is 0 Å². The monoisotopic (exact) mass is 281 g/mol. The molecule has 0 radical (unpaired) electrons. The van der Waals surface area contributed by atoms with E-state index >= 15 is 0 Å². The highest BCUT2D eigenvalue weighted by molar-refractivity contribution is 9.10. The van der Waals surface area contributed by atoms with Gasteiger partial charge in [0.05, 0.1) is 5.52 Å². The Morgan fingerprint density at radius 1 is 1.38 bits per heavy atom. The first kappa shape index (κ1) is 10.9. The molecule has 0 spiro atoms. The lowest BCUT2D eigenvalue weighted by molar-refractivity contribution is 0.0693. The summed E-state index contributed by atoms with van der Waals surface area (Å²) in [6.07, 6.45) is 0. The van der Waals surface area contributed by atoms with E-state index in [4.69, 9.17) is 5.11 Å². The second-order valence-corrected chi connectivity index (χ2v) is 4.13. The van der Waals surface area contributed by atoms with Crippen LogP contribution in [0.15, 0.2) is 33.7 Å². The van der Waals surface area contributed by atoms with Crippen molar-refractivity contribution >= 4 is 32.8 Å². The number of aryl methyl sites for hydroxylation is 1. The first-order valence-electron chi connectivity index (χ1n) is 4.54. The van der Waals surface area contributed by atoms with Crippen LogP contribution in [0, 0.1) is 0 Å². The van der Waals surface area contributed by atoms with Crippen molar-refractivity contribution < 1.29 is 9.90 Å². The van der Waals surface area contributed by atoms with E-state index in [1.165, 1.54) is 0 Å². The quantitative estimate of drug-likeness (QED) is 0.814. The maximum absolute atomic E-state index is 11.9. The van der Waals surface area contributed by atoms with Gasteiger partial charge in [-0.3, -0.25) is 4.79 Å². The largest absolute Gasteiger partial charge is 0.477 e. The molecule has 4 nitrogen and oxygen atoms in total. The molecule has 82 valence electrons. The van der Waals surface area contributed by atoms with Crippen LogP contribution in [0.25, 0.3) is 10.9 Å². The van der Waals surface area contributed by atoms with E-state index < -0.39 is 11.4 Å². The third-order valence-electron chi connectivity index (χ3n) is 2.45. The fourth-order valence-corrected chi connectivity index (χ4v) is 2.19. The molecule has 0 amide bonds. The van der Waals surface area contributed by atoms with E-state index in [9.17, 15) is 9.59 Å². The van der Waals surface area contributed by atoms with Gasteiger partial charge in [0, 0.05) is 12.4 Å². The van der Waals surface area contributed by atoms with Crippen molar-refractivity contribution in [1.82, 2.24) is 4.57 Å². The Morgan fingerprint density at radius 3 is 2.62 bits per heavy atom. The standard InChI is InChI=1S/C11H8BrNO3/c1-13-7-5-3-2-4-6(7)9(14)8(10(13)12)11(15)16/h2-5H,1H3,(H,15,16). The minimum Gasteiger partial charge on any atom is -0.477 e. The van der Waals surface area contributed by atoms with Crippen molar-refractivity contribution in [3.8, 4) is 0 Å². The van der Waals surface area contributed by atoms with Crippen LogP contribution in [0.1, 0.15) is 10.4 Å². The Labute approximate surface area is 99.3 Å². The molecular formula is C11H8BrNO3. The van der Waals surface area contributed by atoms with Crippen molar-refractivity contribution in [3.05, 3.63) is 44.7 Å². The number of nitrogens with zero attached hydrogens (tertiary/aromatic N) is 1. The van der Waals surface area contributed by atoms with Crippen LogP contribution in [0.3, 0.4) is 0 Å². The van der Waals surface area contributed by atoms with Gasteiger partial charge in [0.2, 0.25) is 5.43 Å². The van der Waals surface area contributed by atoms with Crippen molar-refractivity contribution in [2.75, 3.05) is 0 Å². The normalized spacial score (nSPS) is 10.6. The summed E-state index contributed by atoms with van der Waals surface area (Å²) in [4.78, 5) is 22.9. The van der Waals surface area contributed by atoms with Crippen molar-refractivity contribution in [3.63, 3.8) is 0 Å². The zero-order valence-corrected chi connectivity index (χ0v) is 9.98. The van der Waals surface area contributed by atoms with Crippen LogP contribution >= 0.6 is 15.9 Å². The lowest BCUT2D eigenvalue weighted by atomic mass is 10.1. The smallest absolute Gasteiger partial charge is 0.342 e. The van der Waals surface area contributed by atoms with Crippen LogP contribution in [0.5, 0.6) is 0 Å². The maximum atomic E-state index is 11.9. The average Bonchev–Trinajstić information content (AvgIpc) is 2.26. The predicted octanol–water partition coefficient (Wildman–Crippen LogP) is 2.00. The molecule has 0 aliphatic rings. The van der Waals surface area contributed by atoms with Gasteiger partial charge in [0.1, 0.15) is 10.2 Å². The number of carboxylic acid groups (broad SMARTS) is 1. The minimum absolute atomic E-state index is 0.235. The van der Waals surface area contributed by atoms with Gasteiger partial charge in [0.15, 0.2) is 0 Å². The molecule has 0 bridgehead atoms.